The van der Waals surface area contributed by atoms with Crippen LogP contribution in [0.2, 0.25) is 0 Å². The van der Waals surface area contributed by atoms with E-state index in [9.17, 15) is 0 Å². The number of hydrogen-bond donors (Lipinski definition) is 0. The van der Waals surface area contributed by atoms with Crippen LogP contribution in [-0.2, 0) is 19.5 Å². The van der Waals surface area contributed by atoms with Gasteiger partial charge >= 0.3 is 34.7 Å². The number of carbonyl (C=O) groups excluding carboxylic acids is 6. The predicted molar refractivity (Wildman–Crippen MR) is 89.6 cm³/mol. The maximum Gasteiger partial charge on any atom is 0.302 e. The summed E-state index contributed by atoms with van der Waals surface area (Å²) in [5.41, 5.74) is 0. The van der Waals surface area contributed by atoms with E-state index in [4.69, 9.17) is 28.8 Å². The molecule has 0 aliphatic rings. The molecule has 0 aromatic rings. The predicted octanol–water partition coefficient (Wildman–Crippen LogP) is 1.52. The van der Waals surface area contributed by atoms with E-state index >= 15 is 0 Å². The minimum Gasteiger partial charge on any atom is -0.283 e. The van der Waals surface area contributed by atoms with Crippen molar-refractivity contribution in [1.29, 1.82) is 0 Å². The quantitative estimate of drug-likeness (QED) is 0.359. The topological polar surface area (TPSA) is 128 Å². The SMILES string of the molecule is CC(=[OH+])CC(C)=[OH+].CC(=[OH+])CC(C)=[OH+].CC(=[OH+])CC(C)=[OH+].[Ru]. The van der Waals surface area contributed by atoms with E-state index in [1.54, 1.807) is 41.5 Å². The molecule has 0 heterocycles. The molecule has 7 heteroatoms. The molecule has 0 aromatic heterocycles. The van der Waals surface area contributed by atoms with Gasteiger partial charge in [-0.1, -0.05) is 0 Å². The first-order valence-corrected chi connectivity index (χ1v) is 6.46. The van der Waals surface area contributed by atoms with Gasteiger partial charge in [0.1, 0.15) is 0 Å². The van der Waals surface area contributed by atoms with Crippen LogP contribution in [-0.4, -0.2) is 63.5 Å². The molecule has 0 aromatic carbocycles. The molecule has 6 nitrogen and oxygen atoms in total. The van der Waals surface area contributed by atoms with Crippen LogP contribution in [0, 0.1) is 0 Å². The van der Waals surface area contributed by atoms with E-state index in [0.29, 0.717) is 19.3 Å². The van der Waals surface area contributed by atoms with Gasteiger partial charge in [0.15, 0.2) is 19.3 Å². The first-order chi connectivity index (χ1) is 9.38. The molecule has 0 amide bonds. The van der Waals surface area contributed by atoms with Crippen LogP contribution >= 0.6 is 0 Å². The summed E-state index contributed by atoms with van der Waals surface area (Å²) in [6.45, 7) is 9.33. The molecule has 128 valence electrons. The summed E-state index contributed by atoms with van der Waals surface area (Å²) in [7, 11) is 0. The zero-order chi connectivity index (χ0) is 17.6. The Morgan fingerprint density at radius 1 is 0.409 bits per heavy atom. The molecule has 22 heavy (non-hydrogen) atoms. The molecule has 0 radical (unpaired) electrons. The van der Waals surface area contributed by atoms with Gasteiger partial charge in [0.2, 0.25) is 0 Å². The molecule has 0 aliphatic carbocycles. The molecule has 0 atom stereocenters. The number of hydrogen-bond acceptors (Lipinski definition) is 0. The van der Waals surface area contributed by atoms with Crippen molar-refractivity contribution in [2.75, 3.05) is 0 Å². The molecule has 0 bridgehead atoms. The van der Waals surface area contributed by atoms with E-state index < -0.39 is 0 Å². The Hall–Kier alpha value is -1.36. The fraction of sp³-hybridized carbons (Fsp3) is 0.600. The van der Waals surface area contributed by atoms with Crippen LogP contribution in [0.25, 0.3) is 0 Å². The van der Waals surface area contributed by atoms with Gasteiger partial charge in [0, 0.05) is 61.0 Å². The number of ketones is 6. The van der Waals surface area contributed by atoms with Crippen LogP contribution in [0.3, 0.4) is 0 Å². The fourth-order valence-corrected chi connectivity index (χ4v) is 1.11. The zero-order valence-corrected chi connectivity index (χ0v) is 15.9. The Kier molecular flexibility index (Phi) is 23.1. The Labute approximate surface area is 144 Å². The molecular formula is C15H30O6Ru+6. The molecule has 6 N–H and O–H groups in total. The molecule has 0 saturated carbocycles. The van der Waals surface area contributed by atoms with Crippen molar-refractivity contribution in [3.8, 4) is 0 Å². The molecule has 0 saturated heterocycles. The van der Waals surface area contributed by atoms with Gasteiger partial charge in [-0.2, -0.15) is 0 Å². The van der Waals surface area contributed by atoms with Crippen LogP contribution in [0.4, 0.5) is 0 Å². The van der Waals surface area contributed by atoms with Crippen LogP contribution in [0.5, 0.6) is 0 Å². The Morgan fingerprint density at radius 3 is 0.500 bits per heavy atom. The maximum atomic E-state index is 8.46. The summed E-state index contributed by atoms with van der Waals surface area (Å²) in [4.78, 5) is 50.8. The van der Waals surface area contributed by atoms with E-state index in [2.05, 4.69) is 0 Å². The van der Waals surface area contributed by atoms with E-state index in [-0.39, 0.29) is 54.2 Å². The minimum atomic E-state index is 0. The van der Waals surface area contributed by atoms with Crippen LogP contribution < -0.4 is 0 Å². The Bertz CT molecular complexity index is 314. The summed E-state index contributed by atoms with van der Waals surface area (Å²) in [5.74, 6) is 1.50. The van der Waals surface area contributed by atoms with Crippen molar-refractivity contribution in [2.45, 2.75) is 60.8 Å². The van der Waals surface area contributed by atoms with Crippen molar-refractivity contribution >= 4 is 34.7 Å². The van der Waals surface area contributed by atoms with Gasteiger partial charge < -0.3 is 0 Å². The van der Waals surface area contributed by atoms with Gasteiger partial charge in [-0.15, -0.1) is 0 Å². The van der Waals surface area contributed by atoms with Gasteiger partial charge in [-0.05, 0) is 0 Å². The molecule has 0 aliphatic heterocycles. The zero-order valence-electron chi connectivity index (χ0n) is 14.2. The van der Waals surface area contributed by atoms with Gasteiger partial charge in [-0.3, -0.25) is 28.8 Å². The third-order valence-electron chi connectivity index (χ3n) is 1.54. The summed E-state index contributed by atoms with van der Waals surface area (Å²) in [6.07, 6.45) is 0.917. The van der Waals surface area contributed by atoms with E-state index in [1.807, 2.05) is 0 Å². The summed E-state index contributed by atoms with van der Waals surface area (Å²) >= 11 is 0. The third-order valence-corrected chi connectivity index (χ3v) is 1.54. The second-order valence-corrected chi connectivity index (χ2v) is 4.94. The van der Waals surface area contributed by atoms with Crippen molar-refractivity contribution in [3.05, 3.63) is 0 Å². The van der Waals surface area contributed by atoms with Crippen LogP contribution in [0.1, 0.15) is 60.8 Å². The maximum absolute atomic E-state index is 8.46. The number of rotatable bonds is 6. The fourth-order valence-electron chi connectivity index (χ4n) is 1.11. The molecule has 0 spiro atoms. The average Bonchev–Trinajstić information content (AvgIpc) is 2.10. The van der Waals surface area contributed by atoms with Crippen molar-refractivity contribution < 1.29 is 48.2 Å². The second kappa shape index (κ2) is 17.7. The molecule has 0 rings (SSSR count). The first kappa shape index (κ1) is 28.8. The average molecular weight is 407 g/mol. The molecular weight excluding hydrogens is 377 g/mol. The monoisotopic (exact) mass is 408 g/mol. The first-order valence-electron chi connectivity index (χ1n) is 6.46. The smallest absolute Gasteiger partial charge is 0.283 e. The second-order valence-electron chi connectivity index (χ2n) is 4.94. The van der Waals surface area contributed by atoms with Crippen LogP contribution in [0.15, 0.2) is 0 Å². The largest absolute Gasteiger partial charge is 0.302 e. The van der Waals surface area contributed by atoms with Crippen molar-refractivity contribution in [2.24, 2.45) is 0 Å². The van der Waals surface area contributed by atoms with Crippen molar-refractivity contribution in [1.82, 2.24) is 0 Å². The molecule has 0 fully saturated rings. The Morgan fingerprint density at radius 2 is 0.500 bits per heavy atom. The minimum absolute atomic E-state index is 0. The molecule has 0 unspecified atom stereocenters. The van der Waals surface area contributed by atoms with E-state index in [1.165, 1.54) is 0 Å². The standard InChI is InChI=1S/3C5H8O2.Ru/c3*1-4(6)3-5(2)7;/h3*3H2,1-2H3;/p+6. The van der Waals surface area contributed by atoms with Crippen molar-refractivity contribution in [3.63, 3.8) is 0 Å². The van der Waals surface area contributed by atoms with Gasteiger partial charge in [0.05, 0.1) is 0 Å². The summed E-state index contributed by atoms with van der Waals surface area (Å²) < 4.78 is 0. The van der Waals surface area contributed by atoms with E-state index in [0.717, 1.165) is 0 Å². The summed E-state index contributed by atoms with van der Waals surface area (Å²) in [6, 6.07) is 0. The van der Waals surface area contributed by atoms with Gasteiger partial charge in [-0.25, -0.2) is 0 Å². The van der Waals surface area contributed by atoms with Gasteiger partial charge in [0.25, 0.3) is 0 Å². The normalized spacial score (nSPS) is 7.91. The Balaban J connectivity index is -0.000000108. The third kappa shape index (κ3) is 51.2. The summed E-state index contributed by atoms with van der Waals surface area (Å²) in [5, 5.41) is 0.